The molecular weight excluding hydrogens is 526 g/mol. The molecule has 0 spiro atoms. The molecule has 0 atom stereocenters. The van der Waals surface area contributed by atoms with Gasteiger partial charge < -0.3 is 20.1 Å². The van der Waals surface area contributed by atoms with Crippen molar-refractivity contribution in [1.29, 1.82) is 0 Å². The van der Waals surface area contributed by atoms with Crippen molar-refractivity contribution in [1.82, 2.24) is 15.0 Å². The van der Waals surface area contributed by atoms with Crippen LogP contribution in [-0.2, 0) is 6.61 Å². The molecule has 10 heteroatoms. The number of aromatic nitrogens is 3. The number of hydrogen-bond donors (Lipinski definition) is 3. The summed E-state index contributed by atoms with van der Waals surface area (Å²) in [6, 6.07) is 32.4. The Morgan fingerprint density at radius 2 is 1.32 bits per heavy atom. The third-order valence-corrected chi connectivity index (χ3v) is 5.97. The maximum absolute atomic E-state index is 6.24. The van der Waals surface area contributed by atoms with Gasteiger partial charge in [-0.2, -0.15) is 20.1 Å². The summed E-state index contributed by atoms with van der Waals surface area (Å²) in [5, 5.41) is 11.4. The average molecular weight is 552 g/mol. The molecule has 9 nitrogen and oxygen atoms in total. The number of ether oxygens (including phenoxy) is 2. The lowest BCUT2D eigenvalue weighted by atomic mass is 10.2. The second kappa shape index (κ2) is 13.1. The van der Waals surface area contributed by atoms with E-state index in [1.165, 1.54) is 0 Å². The first-order valence-electron chi connectivity index (χ1n) is 12.4. The second-order valence-electron chi connectivity index (χ2n) is 8.45. The molecule has 0 bridgehead atoms. The number of rotatable bonds is 11. The van der Waals surface area contributed by atoms with E-state index in [1.807, 2.05) is 103 Å². The normalized spacial score (nSPS) is 10.8. The number of hydrogen-bond acceptors (Lipinski definition) is 9. The monoisotopic (exact) mass is 551 g/mol. The van der Waals surface area contributed by atoms with Crippen LogP contribution >= 0.6 is 11.6 Å². The van der Waals surface area contributed by atoms with Gasteiger partial charge in [0, 0.05) is 22.0 Å². The summed E-state index contributed by atoms with van der Waals surface area (Å²) in [6.45, 7) is 0.323. The van der Waals surface area contributed by atoms with Crippen LogP contribution < -0.4 is 25.5 Å². The lowest BCUT2D eigenvalue weighted by molar-refractivity contribution is 0.284. The molecule has 0 aliphatic rings. The fourth-order valence-corrected chi connectivity index (χ4v) is 3.85. The molecule has 1 aromatic heterocycles. The molecule has 0 aliphatic heterocycles. The van der Waals surface area contributed by atoms with Crippen molar-refractivity contribution in [3.63, 3.8) is 0 Å². The van der Waals surface area contributed by atoms with Crippen LogP contribution in [0.25, 0.3) is 0 Å². The molecule has 0 fully saturated rings. The lowest BCUT2D eigenvalue weighted by Crippen LogP contribution is -2.07. The maximum Gasteiger partial charge on any atom is 0.250 e. The highest BCUT2D eigenvalue weighted by Gasteiger charge is 2.09. The van der Waals surface area contributed by atoms with E-state index in [2.05, 4.69) is 36.1 Å². The van der Waals surface area contributed by atoms with Crippen molar-refractivity contribution in [3.05, 3.63) is 119 Å². The number of anilines is 5. The summed E-state index contributed by atoms with van der Waals surface area (Å²) in [5.74, 6) is 2.14. The summed E-state index contributed by atoms with van der Waals surface area (Å²) in [7, 11) is 1.59. The molecule has 0 radical (unpaired) electrons. The molecule has 40 heavy (non-hydrogen) atoms. The van der Waals surface area contributed by atoms with Crippen LogP contribution in [0.1, 0.15) is 11.1 Å². The van der Waals surface area contributed by atoms with Crippen LogP contribution in [-0.4, -0.2) is 28.3 Å². The standard InChI is InChI=1S/C30H26ClN7O2/c1-39-27-18-21(16-17-26(27)40-20-22-10-8-9-15-25(22)31)19-32-38-30-36-28(33-23-11-4-2-5-12-23)35-29(37-30)34-24-13-6-3-7-14-24/h2-19H,20H2,1H3,(H3,33,34,35,36,37,38). The minimum Gasteiger partial charge on any atom is -0.493 e. The topological polar surface area (TPSA) is 106 Å². The van der Waals surface area contributed by atoms with Crippen LogP contribution in [0.15, 0.2) is 108 Å². The Bertz CT molecular complexity index is 1520. The van der Waals surface area contributed by atoms with Crippen molar-refractivity contribution in [2.45, 2.75) is 6.61 Å². The van der Waals surface area contributed by atoms with Gasteiger partial charge in [0.25, 0.3) is 0 Å². The van der Waals surface area contributed by atoms with E-state index in [-0.39, 0.29) is 5.95 Å². The predicted molar refractivity (Wildman–Crippen MR) is 159 cm³/mol. The van der Waals surface area contributed by atoms with Crippen LogP contribution in [0.4, 0.5) is 29.2 Å². The van der Waals surface area contributed by atoms with Crippen molar-refractivity contribution in [2.75, 3.05) is 23.2 Å². The van der Waals surface area contributed by atoms with Crippen molar-refractivity contribution >= 4 is 47.0 Å². The van der Waals surface area contributed by atoms with Gasteiger partial charge in [0.1, 0.15) is 6.61 Å². The van der Waals surface area contributed by atoms with Gasteiger partial charge in [0.2, 0.25) is 17.8 Å². The van der Waals surface area contributed by atoms with Gasteiger partial charge in [-0.25, -0.2) is 5.43 Å². The number of para-hydroxylation sites is 2. The Hall–Kier alpha value is -5.15. The number of methoxy groups -OCH3 is 1. The molecule has 0 amide bonds. The summed E-state index contributed by atoms with van der Waals surface area (Å²) in [4.78, 5) is 13.4. The third-order valence-electron chi connectivity index (χ3n) is 5.60. The van der Waals surface area contributed by atoms with Crippen LogP contribution in [0.3, 0.4) is 0 Å². The van der Waals surface area contributed by atoms with Crippen LogP contribution in [0, 0.1) is 0 Å². The molecule has 1 heterocycles. The number of nitrogens with zero attached hydrogens (tertiary/aromatic N) is 4. The first kappa shape index (κ1) is 26.5. The molecule has 200 valence electrons. The maximum atomic E-state index is 6.24. The van der Waals surface area contributed by atoms with Gasteiger partial charge in [-0.15, -0.1) is 0 Å². The molecule has 0 saturated heterocycles. The first-order valence-corrected chi connectivity index (χ1v) is 12.8. The highest BCUT2D eigenvalue weighted by atomic mass is 35.5. The molecule has 3 N–H and O–H groups in total. The third kappa shape index (κ3) is 7.24. The smallest absolute Gasteiger partial charge is 0.250 e. The zero-order valence-electron chi connectivity index (χ0n) is 21.6. The zero-order chi connectivity index (χ0) is 27.6. The van der Waals surface area contributed by atoms with Gasteiger partial charge >= 0.3 is 0 Å². The number of hydrazone groups is 1. The lowest BCUT2D eigenvalue weighted by Gasteiger charge is -2.12. The van der Waals surface area contributed by atoms with Gasteiger partial charge in [0.15, 0.2) is 11.5 Å². The Labute approximate surface area is 236 Å². The molecule has 0 saturated carbocycles. The average Bonchev–Trinajstić information content (AvgIpc) is 2.98. The first-order chi connectivity index (χ1) is 19.7. The fourth-order valence-electron chi connectivity index (χ4n) is 3.66. The van der Waals surface area contributed by atoms with E-state index < -0.39 is 0 Å². The highest BCUT2D eigenvalue weighted by Crippen LogP contribution is 2.29. The number of nitrogens with one attached hydrogen (secondary N) is 3. The molecule has 0 unspecified atom stereocenters. The Balaban J connectivity index is 1.30. The highest BCUT2D eigenvalue weighted by molar-refractivity contribution is 6.31. The van der Waals surface area contributed by atoms with E-state index in [1.54, 1.807) is 13.3 Å². The minimum atomic E-state index is 0.259. The summed E-state index contributed by atoms with van der Waals surface area (Å²) in [5.41, 5.74) is 6.26. The predicted octanol–water partition coefficient (Wildman–Crippen LogP) is 7.05. The SMILES string of the molecule is COc1cc(C=NNc2nc(Nc3ccccc3)nc(Nc3ccccc3)n2)ccc1OCc1ccccc1Cl. The molecule has 4 aromatic carbocycles. The zero-order valence-corrected chi connectivity index (χ0v) is 22.3. The minimum absolute atomic E-state index is 0.259. The summed E-state index contributed by atoms with van der Waals surface area (Å²) < 4.78 is 11.5. The van der Waals surface area contributed by atoms with E-state index in [9.17, 15) is 0 Å². The van der Waals surface area contributed by atoms with Gasteiger partial charge in [0.05, 0.1) is 13.3 Å². The molecule has 0 aliphatic carbocycles. The van der Waals surface area contributed by atoms with Crippen molar-refractivity contribution in [3.8, 4) is 11.5 Å². The van der Waals surface area contributed by atoms with Crippen LogP contribution in [0.2, 0.25) is 5.02 Å². The van der Waals surface area contributed by atoms with Gasteiger partial charge in [-0.05, 0) is 54.1 Å². The van der Waals surface area contributed by atoms with Crippen molar-refractivity contribution in [2.24, 2.45) is 5.10 Å². The Kier molecular flexibility index (Phi) is 8.65. The van der Waals surface area contributed by atoms with E-state index in [0.717, 1.165) is 22.5 Å². The molecule has 5 rings (SSSR count). The van der Waals surface area contributed by atoms with Gasteiger partial charge in [-0.3, -0.25) is 0 Å². The van der Waals surface area contributed by atoms with Crippen LogP contribution in [0.5, 0.6) is 11.5 Å². The van der Waals surface area contributed by atoms with Gasteiger partial charge in [-0.1, -0.05) is 66.2 Å². The Morgan fingerprint density at radius 1 is 0.725 bits per heavy atom. The fraction of sp³-hybridized carbons (Fsp3) is 0.0667. The summed E-state index contributed by atoms with van der Waals surface area (Å²) in [6.07, 6.45) is 1.64. The van der Waals surface area contributed by atoms with Crippen molar-refractivity contribution < 1.29 is 9.47 Å². The summed E-state index contributed by atoms with van der Waals surface area (Å²) >= 11 is 6.24. The van der Waals surface area contributed by atoms with E-state index in [0.29, 0.717) is 35.0 Å². The number of halogens is 1. The largest absolute Gasteiger partial charge is 0.493 e. The van der Waals surface area contributed by atoms with E-state index >= 15 is 0 Å². The number of benzene rings is 4. The quantitative estimate of drug-likeness (QED) is 0.118. The van der Waals surface area contributed by atoms with E-state index in [4.69, 9.17) is 21.1 Å². The molecular formula is C30H26ClN7O2. The Morgan fingerprint density at radius 3 is 1.95 bits per heavy atom. The second-order valence-corrected chi connectivity index (χ2v) is 8.86. The molecule has 5 aromatic rings.